The molecule has 0 aliphatic rings. The van der Waals surface area contributed by atoms with Crippen LogP contribution in [0.2, 0.25) is 19.6 Å². The summed E-state index contributed by atoms with van der Waals surface area (Å²) in [6, 6.07) is 9.70. The second-order valence-electron chi connectivity index (χ2n) is 6.57. The Hall–Kier alpha value is -0.963. The number of hydrogen-bond acceptors (Lipinski definition) is 6. The van der Waals surface area contributed by atoms with E-state index in [-0.39, 0.29) is 0 Å². The standard InChI is InChI=1S/C19H34O6Si/c1-26(2,3)25-18-16-23-14-12-21-10-9-20-11-13-22-15-17-24-19-7-5-4-6-8-19/h4-8H,9-18H2,1-3H3. The predicted octanol–water partition coefficient (Wildman–Crippen LogP) is 2.98. The van der Waals surface area contributed by atoms with Crippen LogP contribution in [-0.2, 0) is 23.4 Å². The van der Waals surface area contributed by atoms with E-state index in [4.69, 9.17) is 28.1 Å². The summed E-state index contributed by atoms with van der Waals surface area (Å²) in [5.41, 5.74) is 0. The summed E-state index contributed by atoms with van der Waals surface area (Å²) < 4.78 is 33.0. The Labute approximate surface area is 158 Å². The number of para-hydroxylation sites is 1. The summed E-state index contributed by atoms with van der Waals surface area (Å²) in [4.78, 5) is 0. The molecule has 0 saturated heterocycles. The number of ether oxygens (including phenoxy) is 5. The van der Waals surface area contributed by atoms with Crippen LogP contribution in [0.15, 0.2) is 30.3 Å². The topological polar surface area (TPSA) is 55.4 Å². The summed E-state index contributed by atoms with van der Waals surface area (Å²) in [5.74, 6) is 0.858. The Morgan fingerprint density at radius 1 is 0.577 bits per heavy atom. The quantitative estimate of drug-likeness (QED) is 0.303. The van der Waals surface area contributed by atoms with E-state index < -0.39 is 8.32 Å². The van der Waals surface area contributed by atoms with E-state index in [1.807, 2.05) is 30.3 Å². The van der Waals surface area contributed by atoms with Gasteiger partial charge in [-0.05, 0) is 31.8 Å². The van der Waals surface area contributed by atoms with Gasteiger partial charge in [-0.1, -0.05) is 18.2 Å². The lowest BCUT2D eigenvalue weighted by atomic mass is 10.3. The summed E-state index contributed by atoms with van der Waals surface area (Å²) in [6.45, 7) is 12.3. The molecule has 0 aliphatic carbocycles. The van der Waals surface area contributed by atoms with Crippen molar-refractivity contribution in [3.05, 3.63) is 30.3 Å². The molecule has 0 atom stereocenters. The summed E-state index contributed by atoms with van der Waals surface area (Å²) in [7, 11) is -1.42. The highest BCUT2D eigenvalue weighted by molar-refractivity contribution is 6.69. The van der Waals surface area contributed by atoms with E-state index in [1.54, 1.807) is 0 Å². The Balaban J connectivity index is 1.72. The third-order valence-electron chi connectivity index (χ3n) is 3.12. The van der Waals surface area contributed by atoms with Crippen LogP contribution in [0, 0.1) is 0 Å². The highest BCUT2D eigenvalue weighted by Gasteiger charge is 2.12. The lowest BCUT2D eigenvalue weighted by Gasteiger charge is -2.16. The first-order valence-electron chi connectivity index (χ1n) is 9.21. The maximum Gasteiger partial charge on any atom is 0.183 e. The number of benzene rings is 1. The van der Waals surface area contributed by atoms with Gasteiger partial charge < -0.3 is 28.1 Å². The third-order valence-corrected chi connectivity index (χ3v) is 4.19. The highest BCUT2D eigenvalue weighted by atomic mass is 28.4. The average Bonchev–Trinajstić information content (AvgIpc) is 2.61. The largest absolute Gasteiger partial charge is 0.491 e. The average molecular weight is 387 g/mol. The number of rotatable bonds is 17. The van der Waals surface area contributed by atoms with Crippen LogP contribution in [0.1, 0.15) is 0 Å². The minimum Gasteiger partial charge on any atom is -0.491 e. The summed E-state index contributed by atoms with van der Waals surface area (Å²) in [6.07, 6.45) is 0. The van der Waals surface area contributed by atoms with Crippen molar-refractivity contribution in [2.24, 2.45) is 0 Å². The molecule has 0 heterocycles. The van der Waals surface area contributed by atoms with Crippen LogP contribution >= 0.6 is 0 Å². The first kappa shape index (κ1) is 23.1. The lowest BCUT2D eigenvalue weighted by molar-refractivity contribution is -0.00720. The molecule has 0 fully saturated rings. The van der Waals surface area contributed by atoms with Gasteiger partial charge in [0.2, 0.25) is 0 Å². The molecule has 0 spiro atoms. The second-order valence-corrected chi connectivity index (χ2v) is 11.1. The molecule has 26 heavy (non-hydrogen) atoms. The molecule has 0 radical (unpaired) electrons. The predicted molar refractivity (Wildman–Crippen MR) is 105 cm³/mol. The molecule has 0 aliphatic heterocycles. The van der Waals surface area contributed by atoms with Crippen molar-refractivity contribution in [1.29, 1.82) is 0 Å². The molecular weight excluding hydrogens is 352 g/mol. The van der Waals surface area contributed by atoms with Crippen LogP contribution in [0.4, 0.5) is 0 Å². The third kappa shape index (κ3) is 15.3. The maximum atomic E-state index is 5.69. The van der Waals surface area contributed by atoms with Crippen molar-refractivity contribution in [1.82, 2.24) is 0 Å². The van der Waals surface area contributed by atoms with Gasteiger partial charge in [-0.3, -0.25) is 0 Å². The van der Waals surface area contributed by atoms with Gasteiger partial charge in [0.25, 0.3) is 0 Å². The van der Waals surface area contributed by atoms with Crippen molar-refractivity contribution >= 4 is 8.32 Å². The normalized spacial score (nSPS) is 11.7. The van der Waals surface area contributed by atoms with Crippen molar-refractivity contribution in [2.75, 3.05) is 66.1 Å². The molecule has 0 amide bonds. The maximum absolute atomic E-state index is 5.69. The first-order chi connectivity index (χ1) is 12.6. The molecule has 150 valence electrons. The first-order valence-corrected chi connectivity index (χ1v) is 12.6. The van der Waals surface area contributed by atoms with Gasteiger partial charge in [-0.25, -0.2) is 0 Å². The fraction of sp³-hybridized carbons (Fsp3) is 0.684. The van der Waals surface area contributed by atoms with Gasteiger partial charge in [0.05, 0.1) is 59.5 Å². The molecule has 1 rings (SSSR count). The molecule has 7 heteroatoms. The van der Waals surface area contributed by atoms with E-state index in [9.17, 15) is 0 Å². The molecule has 0 N–H and O–H groups in total. The molecule has 1 aromatic carbocycles. The zero-order valence-corrected chi connectivity index (χ0v) is 17.4. The van der Waals surface area contributed by atoms with Gasteiger partial charge in [0.1, 0.15) is 12.4 Å². The van der Waals surface area contributed by atoms with Crippen molar-refractivity contribution < 1.29 is 28.1 Å². The molecule has 0 saturated carbocycles. The van der Waals surface area contributed by atoms with Crippen molar-refractivity contribution in [2.45, 2.75) is 19.6 Å². The van der Waals surface area contributed by atoms with Crippen LogP contribution < -0.4 is 4.74 Å². The zero-order valence-electron chi connectivity index (χ0n) is 16.4. The minimum atomic E-state index is -1.42. The van der Waals surface area contributed by atoms with E-state index >= 15 is 0 Å². The van der Waals surface area contributed by atoms with Crippen molar-refractivity contribution in [3.63, 3.8) is 0 Å². The molecule has 1 aromatic rings. The Kier molecular flexibility index (Phi) is 13.4. The van der Waals surface area contributed by atoms with Crippen molar-refractivity contribution in [3.8, 4) is 5.75 Å². The Bertz CT molecular complexity index is 424. The Morgan fingerprint density at radius 2 is 1.00 bits per heavy atom. The highest BCUT2D eigenvalue weighted by Crippen LogP contribution is 2.07. The fourth-order valence-corrected chi connectivity index (χ4v) is 2.60. The van der Waals surface area contributed by atoms with E-state index in [1.165, 1.54) is 0 Å². The van der Waals surface area contributed by atoms with Gasteiger partial charge in [-0.2, -0.15) is 0 Å². The monoisotopic (exact) mass is 386 g/mol. The van der Waals surface area contributed by atoms with Crippen LogP contribution in [-0.4, -0.2) is 74.4 Å². The second kappa shape index (κ2) is 15.1. The Morgan fingerprint density at radius 3 is 1.46 bits per heavy atom. The van der Waals surface area contributed by atoms with Gasteiger partial charge in [0, 0.05) is 0 Å². The van der Waals surface area contributed by atoms with E-state index in [2.05, 4.69) is 19.6 Å². The lowest BCUT2D eigenvalue weighted by Crippen LogP contribution is -2.27. The van der Waals surface area contributed by atoms with Gasteiger partial charge >= 0.3 is 0 Å². The molecule has 0 aromatic heterocycles. The van der Waals surface area contributed by atoms with E-state index in [0.717, 1.165) is 5.75 Å². The number of hydrogen-bond donors (Lipinski definition) is 0. The molecule has 0 bridgehead atoms. The molecular formula is C19H34O6Si. The smallest absolute Gasteiger partial charge is 0.183 e. The van der Waals surface area contributed by atoms with E-state index in [0.29, 0.717) is 66.1 Å². The minimum absolute atomic E-state index is 0.538. The van der Waals surface area contributed by atoms with Crippen LogP contribution in [0.3, 0.4) is 0 Å². The fourth-order valence-electron chi connectivity index (χ4n) is 1.90. The van der Waals surface area contributed by atoms with Gasteiger partial charge in [-0.15, -0.1) is 0 Å². The molecule has 0 unspecified atom stereocenters. The van der Waals surface area contributed by atoms with Gasteiger partial charge in [0.15, 0.2) is 8.32 Å². The summed E-state index contributed by atoms with van der Waals surface area (Å²) >= 11 is 0. The SMILES string of the molecule is C[Si](C)(C)OCCOCCOCCOCCOCCOc1ccccc1. The van der Waals surface area contributed by atoms with Crippen LogP contribution in [0.5, 0.6) is 5.75 Å². The molecule has 6 nitrogen and oxygen atoms in total. The van der Waals surface area contributed by atoms with Crippen LogP contribution in [0.25, 0.3) is 0 Å². The summed E-state index contributed by atoms with van der Waals surface area (Å²) in [5, 5.41) is 0. The zero-order chi connectivity index (χ0) is 18.9.